The molecule has 190 valence electrons. The maximum absolute atomic E-state index is 12.9. The number of aryl methyl sites for hydroxylation is 1. The Morgan fingerprint density at radius 2 is 1.84 bits per heavy atom. The summed E-state index contributed by atoms with van der Waals surface area (Å²) in [6.45, 7) is 7.23. The van der Waals surface area contributed by atoms with Crippen LogP contribution in [-0.2, 0) is 6.54 Å². The number of piperazine rings is 1. The van der Waals surface area contributed by atoms with Gasteiger partial charge < -0.3 is 21.3 Å². The molecule has 0 aliphatic carbocycles. The van der Waals surface area contributed by atoms with Crippen LogP contribution in [0.4, 0.5) is 22.3 Å². The van der Waals surface area contributed by atoms with Crippen LogP contribution in [0.5, 0.6) is 0 Å². The summed E-state index contributed by atoms with van der Waals surface area (Å²) in [4.78, 5) is 30.8. The van der Waals surface area contributed by atoms with Gasteiger partial charge in [0.15, 0.2) is 11.0 Å². The number of hydrogen-bond donors (Lipinski definition) is 3. The van der Waals surface area contributed by atoms with E-state index in [1.165, 1.54) is 16.9 Å². The molecule has 0 atom stereocenters. The predicted molar refractivity (Wildman–Crippen MR) is 149 cm³/mol. The molecule has 4 aromatic rings. The third-order valence-corrected chi connectivity index (χ3v) is 7.12. The molecule has 0 spiro atoms. The van der Waals surface area contributed by atoms with Gasteiger partial charge in [-0.3, -0.25) is 9.69 Å². The summed E-state index contributed by atoms with van der Waals surface area (Å²) in [6.07, 6.45) is 1.61. The van der Waals surface area contributed by atoms with Gasteiger partial charge >= 0.3 is 0 Å². The highest BCUT2D eigenvalue weighted by molar-refractivity contribution is 7.14. The van der Waals surface area contributed by atoms with E-state index in [1.54, 1.807) is 12.3 Å². The predicted octanol–water partition coefficient (Wildman–Crippen LogP) is 4.23. The number of carbonyl (C=O) groups excluding carboxylic acids is 1. The van der Waals surface area contributed by atoms with Crippen molar-refractivity contribution in [3.63, 3.8) is 0 Å². The van der Waals surface area contributed by atoms with Crippen LogP contribution in [0, 0.1) is 6.92 Å². The molecule has 2 aromatic carbocycles. The number of thiazole rings is 1. The molecule has 1 aliphatic rings. The van der Waals surface area contributed by atoms with Crippen molar-refractivity contribution in [3.8, 4) is 11.5 Å². The normalized spacial score (nSPS) is 14.4. The highest BCUT2D eigenvalue weighted by Gasteiger charge is 2.15. The summed E-state index contributed by atoms with van der Waals surface area (Å²) in [5.41, 5.74) is 10.9. The summed E-state index contributed by atoms with van der Waals surface area (Å²) < 4.78 is 0. The number of likely N-dealkylation sites (N-methyl/N-ethyl adjacent to an activating group) is 1. The largest absolute Gasteiger partial charge is 0.384 e. The van der Waals surface area contributed by atoms with Crippen LogP contribution in [0.1, 0.15) is 21.5 Å². The topological polar surface area (TPSA) is 112 Å². The van der Waals surface area contributed by atoms with Gasteiger partial charge in [0.05, 0.1) is 0 Å². The van der Waals surface area contributed by atoms with Crippen molar-refractivity contribution >= 4 is 39.6 Å². The van der Waals surface area contributed by atoms with Crippen molar-refractivity contribution in [2.75, 3.05) is 49.6 Å². The quantitative estimate of drug-likeness (QED) is 0.336. The molecular weight excluding hydrogens is 484 g/mol. The Labute approximate surface area is 220 Å². The maximum Gasteiger partial charge on any atom is 0.255 e. The van der Waals surface area contributed by atoms with E-state index in [0.29, 0.717) is 33.7 Å². The fourth-order valence-electron chi connectivity index (χ4n) is 4.11. The minimum Gasteiger partial charge on any atom is -0.384 e. The molecule has 37 heavy (non-hydrogen) atoms. The highest BCUT2D eigenvalue weighted by atomic mass is 32.1. The molecule has 1 saturated heterocycles. The smallest absolute Gasteiger partial charge is 0.255 e. The van der Waals surface area contributed by atoms with E-state index >= 15 is 0 Å². The second kappa shape index (κ2) is 11.0. The number of nitrogens with one attached hydrogen (secondary N) is 2. The Bertz CT molecular complexity index is 1380. The van der Waals surface area contributed by atoms with Gasteiger partial charge in [-0.25, -0.2) is 15.0 Å². The fraction of sp³-hybridized carbons (Fsp3) is 0.259. The van der Waals surface area contributed by atoms with Crippen molar-refractivity contribution in [3.05, 3.63) is 76.8 Å². The average Bonchev–Trinajstić information content (AvgIpc) is 3.36. The lowest BCUT2D eigenvalue weighted by molar-refractivity contribution is 0.102. The Morgan fingerprint density at radius 3 is 2.59 bits per heavy atom. The number of rotatable bonds is 7. The molecule has 10 heteroatoms. The molecule has 3 heterocycles. The standard InChI is InChI=1S/C27H30N8OS/c1-18-3-8-21(15-22(18)31-27-32-23(17-37-27)25-29-10-9-24(28)33-25)30-26(36)20-6-4-19(5-7-20)16-35-13-11-34(2)12-14-35/h3-10,15,17H,11-14,16H2,1-2H3,(H,30,36)(H,31,32)(H2,28,29,33). The molecular formula is C27H30N8OS. The first-order valence-corrected chi connectivity index (χ1v) is 13.0. The first-order valence-electron chi connectivity index (χ1n) is 12.2. The summed E-state index contributed by atoms with van der Waals surface area (Å²) in [6, 6.07) is 15.3. The van der Waals surface area contributed by atoms with Gasteiger partial charge in [0.2, 0.25) is 0 Å². The summed E-state index contributed by atoms with van der Waals surface area (Å²) in [7, 11) is 2.16. The Balaban J connectivity index is 1.22. The summed E-state index contributed by atoms with van der Waals surface area (Å²) >= 11 is 1.45. The lowest BCUT2D eigenvalue weighted by atomic mass is 10.1. The molecule has 5 rings (SSSR count). The minimum atomic E-state index is -0.142. The molecule has 0 unspecified atom stereocenters. The van der Waals surface area contributed by atoms with E-state index in [2.05, 4.69) is 42.4 Å². The molecule has 0 bridgehead atoms. The first-order chi connectivity index (χ1) is 17.9. The lowest BCUT2D eigenvalue weighted by Gasteiger charge is -2.32. The van der Waals surface area contributed by atoms with E-state index in [0.717, 1.165) is 44.0 Å². The van der Waals surface area contributed by atoms with Gasteiger partial charge in [-0.05, 0) is 55.4 Å². The van der Waals surface area contributed by atoms with Crippen molar-refractivity contribution in [1.29, 1.82) is 0 Å². The van der Waals surface area contributed by atoms with E-state index in [-0.39, 0.29) is 5.91 Å². The number of amides is 1. The third kappa shape index (κ3) is 6.29. The first kappa shape index (κ1) is 24.8. The third-order valence-electron chi connectivity index (χ3n) is 6.37. The van der Waals surface area contributed by atoms with Crippen LogP contribution in [0.15, 0.2) is 60.1 Å². The van der Waals surface area contributed by atoms with Gasteiger partial charge in [0, 0.05) is 61.2 Å². The second-order valence-electron chi connectivity index (χ2n) is 9.23. The number of nitrogens with zero attached hydrogens (tertiary/aromatic N) is 5. The molecule has 0 radical (unpaired) electrons. The van der Waals surface area contributed by atoms with Crippen molar-refractivity contribution < 1.29 is 4.79 Å². The number of nitrogens with two attached hydrogens (primary N) is 1. The summed E-state index contributed by atoms with van der Waals surface area (Å²) in [5.74, 6) is 0.740. The fourth-order valence-corrected chi connectivity index (χ4v) is 4.81. The zero-order valence-electron chi connectivity index (χ0n) is 20.9. The molecule has 1 aliphatic heterocycles. The van der Waals surface area contributed by atoms with E-state index in [4.69, 9.17) is 5.73 Å². The van der Waals surface area contributed by atoms with Gasteiger partial charge in [0.1, 0.15) is 11.5 Å². The highest BCUT2D eigenvalue weighted by Crippen LogP contribution is 2.29. The monoisotopic (exact) mass is 514 g/mol. The number of carbonyl (C=O) groups is 1. The van der Waals surface area contributed by atoms with E-state index in [9.17, 15) is 4.79 Å². The molecule has 9 nitrogen and oxygen atoms in total. The van der Waals surface area contributed by atoms with Crippen molar-refractivity contribution in [1.82, 2.24) is 24.8 Å². The summed E-state index contributed by atoms with van der Waals surface area (Å²) in [5, 5.41) is 8.93. The van der Waals surface area contributed by atoms with Crippen LogP contribution in [0.3, 0.4) is 0 Å². The van der Waals surface area contributed by atoms with Crippen molar-refractivity contribution in [2.45, 2.75) is 13.5 Å². The average molecular weight is 515 g/mol. The second-order valence-corrected chi connectivity index (χ2v) is 10.1. The van der Waals surface area contributed by atoms with Crippen LogP contribution in [-0.4, -0.2) is 63.9 Å². The van der Waals surface area contributed by atoms with Crippen LogP contribution in [0.25, 0.3) is 11.5 Å². The number of nitrogen functional groups attached to an aromatic ring is 1. The van der Waals surface area contributed by atoms with Crippen molar-refractivity contribution in [2.24, 2.45) is 0 Å². The van der Waals surface area contributed by atoms with Crippen LogP contribution < -0.4 is 16.4 Å². The van der Waals surface area contributed by atoms with Crippen LogP contribution >= 0.6 is 11.3 Å². The van der Waals surface area contributed by atoms with E-state index in [1.807, 2.05) is 54.8 Å². The molecule has 2 aromatic heterocycles. The maximum atomic E-state index is 12.9. The zero-order chi connectivity index (χ0) is 25.8. The minimum absolute atomic E-state index is 0.142. The molecule has 4 N–H and O–H groups in total. The van der Waals surface area contributed by atoms with Gasteiger partial charge in [-0.1, -0.05) is 18.2 Å². The van der Waals surface area contributed by atoms with Gasteiger partial charge in [-0.15, -0.1) is 11.3 Å². The zero-order valence-corrected chi connectivity index (χ0v) is 21.8. The van der Waals surface area contributed by atoms with E-state index < -0.39 is 0 Å². The molecule has 0 saturated carbocycles. The van der Waals surface area contributed by atoms with Gasteiger partial charge in [-0.2, -0.15) is 0 Å². The molecule has 1 amide bonds. The lowest BCUT2D eigenvalue weighted by Crippen LogP contribution is -2.43. The SMILES string of the molecule is Cc1ccc(NC(=O)c2ccc(CN3CCN(C)CC3)cc2)cc1Nc1nc(-c2nccc(N)n2)cs1. The Kier molecular flexibility index (Phi) is 7.40. The number of hydrogen-bond acceptors (Lipinski definition) is 9. The molecule has 1 fully saturated rings. The number of benzene rings is 2. The number of anilines is 4. The Morgan fingerprint density at radius 1 is 1.05 bits per heavy atom. The number of aromatic nitrogens is 3. The Hall–Kier alpha value is -3.86. The van der Waals surface area contributed by atoms with Gasteiger partial charge in [0.25, 0.3) is 5.91 Å². The van der Waals surface area contributed by atoms with Crippen LogP contribution in [0.2, 0.25) is 0 Å².